The quantitative estimate of drug-likeness (QED) is 0.652. The molecule has 0 radical (unpaired) electrons. The summed E-state index contributed by atoms with van der Waals surface area (Å²) in [4.78, 5) is 28.4. The maximum absolute atomic E-state index is 13.5. The summed E-state index contributed by atoms with van der Waals surface area (Å²) < 4.78 is 16.5. The van der Waals surface area contributed by atoms with Crippen LogP contribution in [0.25, 0.3) is 0 Å². The Morgan fingerprint density at radius 1 is 0.906 bits per heavy atom. The number of benzene rings is 2. The number of anilines is 1. The number of allylic oxidation sites excluding steroid dienone is 2. The van der Waals surface area contributed by atoms with Crippen molar-refractivity contribution in [1.82, 2.24) is 0 Å². The molecular weight excluding hydrogens is 406 g/mol. The zero-order chi connectivity index (χ0) is 22.8. The van der Waals surface area contributed by atoms with Crippen molar-refractivity contribution in [3.05, 3.63) is 58.8 Å². The smallest absolute Gasteiger partial charge is 0.232 e. The minimum Gasteiger partial charge on any atom is -0.496 e. The van der Waals surface area contributed by atoms with Gasteiger partial charge >= 0.3 is 0 Å². The van der Waals surface area contributed by atoms with E-state index in [0.717, 1.165) is 29.8 Å². The van der Waals surface area contributed by atoms with E-state index < -0.39 is 0 Å². The summed E-state index contributed by atoms with van der Waals surface area (Å²) in [6, 6.07) is 11.6. The SMILES string of the molecule is CCc1ccc(N2C(=O)C[C@@H](c3cc(OC)c(OC)cc3OC)C3=C2CCCC3=O)cc1. The maximum atomic E-state index is 13.5. The molecule has 0 aromatic heterocycles. The highest BCUT2D eigenvalue weighted by molar-refractivity contribution is 6.07. The summed E-state index contributed by atoms with van der Waals surface area (Å²) in [5.74, 6) is 1.34. The first-order valence-electron chi connectivity index (χ1n) is 11.0. The molecule has 2 aromatic carbocycles. The Kier molecular flexibility index (Phi) is 6.21. The number of hydrogen-bond donors (Lipinski definition) is 0. The number of amides is 1. The van der Waals surface area contributed by atoms with Gasteiger partial charge in [-0.15, -0.1) is 0 Å². The highest BCUT2D eigenvalue weighted by Gasteiger charge is 2.41. The predicted octanol–water partition coefficient (Wildman–Crippen LogP) is 4.80. The van der Waals surface area contributed by atoms with Gasteiger partial charge in [0, 0.05) is 47.3 Å². The van der Waals surface area contributed by atoms with Crippen LogP contribution in [0.1, 0.15) is 49.7 Å². The van der Waals surface area contributed by atoms with E-state index in [1.54, 1.807) is 32.3 Å². The van der Waals surface area contributed by atoms with Gasteiger partial charge in [-0.3, -0.25) is 14.5 Å². The highest BCUT2D eigenvalue weighted by atomic mass is 16.5. The van der Waals surface area contributed by atoms with E-state index in [1.807, 2.05) is 30.3 Å². The van der Waals surface area contributed by atoms with Gasteiger partial charge in [-0.05, 0) is 43.0 Å². The summed E-state index contributed by atoms with van der Waals surface area (Å²) in [6.45, 7) is 2.10. The second-order valence-electron chi connectivity index (χ2n) is 8.09. The average Bonchev–Trinajstić information content (AvgIpc) is 2.82. The molecule has 0 bridgehead atoms. The Morgan fingerprint density at radius 2 is 1.56 bits per heavy atom. The van der Waals surface area contributed by atoms with Crippen LogP contribution in [0.5, 0.6) is 17.2 Å². The first kappa shape index (κ1) is 21.9. The normalized spacial score (nSPS) is 18.5. The molecule has 4 rings (SSSR count). The highest BCUT2D eigenvalue weighted by Crippen LogP contribution is 2.48. The fraction of sp³-hybridized carbons (Fsp3) is 0.385. The van der Waals surface area contributed by atoms with Gasteiger partial charge in [0.2, 0.25) is 5.91 Å². The third kappa shape index (κ3) is 3.74. The lowest BCUT2D eigenvalue weighted by molar-refractivity contribution is -0.119. The Bertz CT molecular complexity index is 1070. The van der Waals surface area contributed by atoms with Gasteiger partial charge in [0.25, 0.3) is 0 Å². The topological polar surface area (TPSA) is 65.1 Å². The van der Waals surface area contributed by atoms with Gasteiger partial charge in [-0.1, -0.05) is 19.1 Å². The summed E-state index contributed by atoms with van der Waals surface area (Å²) in [5.41, 5.74) is 4.30. The molecule has 2 aromatic rings. The van der Waals surface area contributed by atoms with Crippen molar-refractivity contribution >= 4 is 17.4 Å². The van der Waals surface area contributed by atoms with Gasteiger partial charge in [-0.2, -0.15) is 0 Å². The standard InChI is InChI=1S/C26H29NO5/c1-5-16-9-11-17(12-10-16)27-20-7-6-8-21(28)26(20)19(14-25(27)29)18-13-23(31-3)24(32-4)15-22(18)30-2/h9-13,15,19H,5-8,14H2,1-4H3/t19-/m0/s1. The molecule has 2 aliphatic rings. The van der Waals surface area contributed by atoms with Crippen molar-refractivity contribution in [2.75, 3.05) is 26.2 Å². The van der Waals surface area contributed by atoms with Crippen molar-refractivity contribution in [2.24, 2.45) is 0 Å². The lowest BCUT2D eigenvalue weighted by atomic mass is 9.76. The summed E-state index contributed by atoms with van der Waals surface area (Å²) >= 11 is 0. The number of ether oxygens (including phenoxy) is 3. The first-order chi connectivity index (χ1) is 15.5. The number of aryl methyl sites for hydroxylation is 1. The molecule has 0 spiro atoms. The van der Waals surface area contributed by atoms with E-state index in [1.165, 1.54) is 5.56 Å². The van der Waals surface area contributed by atoms with Gasteiger partial charge < -0.3 is 14.2 Å². The summed E-state index contributed by atoms with van der Waals surface area (Å²) in [7, 11) is 4.71. The number of methoxy groups -OCH3 is 3. The van der Waals surface area contributed by atoms with Crippen molar-refractivity contribution < 1.29 is 23.8 Å². The zero-order valence-corrected chi connectivity index (χ0v) is 19.1. The molecule has 0 N–H and O–H groups in total. The van der Waals surface area contributed by atoms with Crippen LogP contribution in [0.4, 0.5) is 5.69 Å². The Hall–Kier alpha value is -3.28. The predicted molar refractivity (Wildman–Crippen MR) is 123 cm³/mol. The molecule has 168 valence electrons. The number of hydrogen-bond acceptors (Lipinski definition) is 5. The average molecular weight is 436 g/mol. The van der Waals surface area contributed by atoms with E-state index in [0.29, 0.717) is 35.7 Å². The van der Waals surface area contributed by atoms with Gasteiger partial charge in [0.1, 0.15) is 5.75 Å². The molecule has 1 heterocycles. The van der Waals surface area contributed by atoms with E-state index in [9.17, 15) is 9.59 Å². The Morgan fingerprint density at radius 3 is 2.19 bits per heavy atom. The molecule has 32 heavy (non-hydrogen) atoms. The number of ketones is 1. The van der Waals surface area contributed by atoms with E-state index in [4.69, 9.17) is 14.2 Å². The number of carbonyl (C=O) groups is 2. The molecule has 1 amide bonds. The molecule has 0 unspecified atom stereocenters. The number of rotatable bonds is 6. The van der Waals surface area contributed by atoms with Crippen LogP contribution in [-0.2, 0) is 16.0 Å². The van der Waals surface area contributed by atoms with Crippen molar-refractivity contribution in [3.63, 3.8) is 0 Å². The third-order valence-corrected chi connectivity index (χ3v) is 6.39. The summed E-state index contributed by atoms with van der Waals surface area (Å²) in [5, 5.41) is 0. The van der Waals surface area contributed by atoms with Gasteiger partial charge in [-0.25, -0.2) is 0 Å². The van der Waals surface area contributed by atoms with Crippen LogP contribution >= 0.6 is 0 Å². The number of nitrogens with zero attached hydrogens (tertiary/aromatic N) is 1. The number of Topliss-reactive ketones (excluding diaryl/α,β-unsaturated/α-hetero) is 1. The van der Waals surface area contributed by atoms with Gasteiger partial charge in [0.05, 0.1) is 21.3 Å². The Labute approximate surface area is 188 Å². The molecule has 6 nitrogen and oxygen atoms in total. The molecule has 0 saturated carbocycles. The minimum atomic E-state index is -0.383. The minimum absolute atomic E-state index is 0.0236. The number of carbonyl (C=O) groups excluding carboxylic acids is 2. The van der Waals surface area contributed by atoms with Gasteiger partial charge in [0.15, 0.2) is 17.3 Å². The third-order valence-electron chi connectivity index (χ3n) is 6.39. The first-order valence-corrected chi connectivity index (χ1v) is 11.0. The van der Waals surface area contributed by atoms with E-state index in [-0.39, 0.29) is 24.0 Å². The largest absolute Gasteiger partial charge is 0.496 e. The van der Waals surface area contributed by atoms with Crippen LogP contribution in [-0.4, -0.2) is 33.0 Å². The molecule has 1 aliphatic heterocycles. The van der Waals surface area contributed by atoms with Crippen LogP contribution in [0.15, 0.2) is 47.7 Å². The molecule has 0 fully saturated rings. The second-order valence-corrected chi connectivity index (χ2v) is 8.09. The van der Waals surface area contributed by atoms with Crippen LogP contribution in [0.2, 0.25) is 0 Å². The maximum Gasteiger partial charge on any atom is 0.232 e. The molecule has 1 aliphatic carbocycles. The zero-order valence-electron chi connectivity index (χ0n) is 19.1. The van der Waals surface area contributed by atoms with Crippen molar-refractivity contribution in [2.45, 2.75) is 44.9 Å². The lowest BCUT2D eigenvalue weighted by Crippen LogP contribution is -2.40. The Balaban J connectivity index is 1.87. The van der Waals surface area contributed by atoms with Crippen LogP contribution in [0.3, 0.4) is 0 Å². The van der Waals surface area contributed by atoms with E-state index in [2.05, 4.69) is 6.92 Å². The fourth-order valence-corrected chi connectivity index (χ4v) is 4.76. The van der Waals surface area contributed by atoms with Crippen molar-refractivity contribution in [3.8, 4) is 17.2 Å². The van der Waals surface area contributed by atoms with E-state index >= 15 is 0 Å². The molecule has 1 atom stereocenters. The lowest BCUT2D eigenvalue weighted by Gasteiger charge is -2.38. The molecule has 0 saturated heterocycles. The van der Waals surface area contributed by atoms with Crippen molar-refractivity contribution in [1.29, 1.82) is 0 Å². The van der Waals surface area contributed by atoms with Crippen LogP contribution < -0.4 is 19.1 Å². The molecular formula is C26H29NO5. The van der Waals surface area contributed by atoms with Crippen LogP contribution in [0, 0.1) is 0 Å². The fourth-order valence-electron chi connectivity index (χ4n) is 4.76. The summed E-state index contributed by atoms with van der Waals surface area (Å²) in [6.07, 6.45) is 3.04. The molecule has 6 heteroatoms. The second kappa shape index (κ2) is 9.07. The monoisotopic (exact) mass is 435 g/mol.